The molecule has 2 aromatic carbocycles. The molecule has 0 spiro atoms. The van der Waals surface area contributed by atoms with E-state index in [4.69, 9.17) is 11.6 Å². The zero-order valence-electron chi connectivity index (χ0n) is 16.7. The molecule has 0 atom stereocenters. The molecule has 0 aliphatic carbocycles. The highest BCUT2D eigenvalue weighted by molar-refractivity contribution is 7.98. The summed E-state index contributed by atoms with van der Waals surface area (Å²) in [7, 11) is 3.50. The molecule has 0 amide bonds. The normalized spacial score (nSPS) is 11.2. The van der Waals surface area contributed by atoms with Crippen LogP contribution < -0.4 is 5.56 Å². The molecule has 8 heteroatoms. The van der Waals surface area contributed by atoms with Crippen molar-refractivity contribution in [3.63, 3.8) is 0 Å². The molecule has 0 unspecified atom stereocenters. The van der Waals surface area contributed by atoms with Gasteiger partial charge in [0.05, 0.1) is 5.69 Å². The number of rotatable bonds is 5. The van der Waals surface area contributed by atoms with Gasteiger partial charge in [0.15, 0.2) is 16.6 Å². The number of thioether (sulfide) groups is 1. The van der Waals surface area contributed by atoms with Gasteiger partial charge >= 0.3 is 0 Å². The van der Waals surface area contributed by atoms with Crippen molar-refractivity contribution in [3.05, 3.63) is 86.3 Å². The maximum Gasteiger partial charge on any atom is 0.265 e. The van der Waals surface area contributed by atoms with Gasteiger partial charge in [-0.05, 0) is 36.8 Å². The number of carbonyl (C=O) groups excluding carboxylic acids is 1. The predicted molar refractivity (Wildman–Crippen MR) is 119 cm³/mol. The lowest BCUT2D eigenvalue weighted by Gasteiger charge is -2.08. The largest absolute Gasteiger partial charge is 0.290 e. The topological polar surface area (TPSA) is 69.8 Å². The van der Waals surface area contributed by atoms with Crippen molar-refractivity contribution >= 4 is 40.2 Å². The predicted octanol–water partition coefficient (Wildman–Crippen LogP) is 4.15. The molecule has 0 aliphatic heterocycles. The van der Waals surface area contributed by atoms with Gasteiger partial charge in [-0.2, -0.15) is 5.10 Å². The van der Waals surface area contributed by atoms with E-state index in [9.17, 15) is 9.59 Å². The van der Waals surface area contributed by atoms with Crippen LogP contribution >= 0.6 is 23.4 Å². The lowest BCUT2D eigenvalue weighted by molar-refractivity contribution is 0.103. The number of carbonyl (C=O) groups is 1. The van der Waals surface area contributed by atoms with Crippen LogP contribution in [0.3, 0.4) is 0 Å². The Bertz CT molecular complexity index is 1310. The van der Waals surface area contributed by atoms with Gasteiger partial charge < -0.3 is 0 Å². The summed E-state index contributed by atoms with van der Waals surface area (Å²) in [4.78, 5) is 29.9. The zero-order chi connectivity index (χ0) is 21.4. The van der Waals surface area contributed by atoms with E-state index in [1.54, 1.807) is 47.6 Å². The smallest absolute Gasteiger partial charge is 0.265 e. The maximum absolute atomic E-state index is 12.7. The fraction of sp³-hybridized carbons (Fsp3) is 0.182. The van der Waals surface area contributed by atoms with Crippen molar-refractivity contribution in [2.75, 3.05) is 0 Å². The highest BCUT2D eigenvalue weighted by Gasteiger charge is 2.15. The molecule has 0 saturated heterocycles. The first-order chi connectivity index (χ1) is 14.3. The Kier molecular flexibility index (Phi) is 5.49. The lowest BCUT2D eigenvalue weighted by atomic mass is 10.0. The minimum absolute atomic E-state index is 0.0491. The molecule has 0 aliphatic rings. The molecule has 2 aromatic heterocycles. The van der Waals surface area contributed by atoms with Crippen LogP contribution in [-0.2, 0) is 19.8 Å². The van der Waals surface area contributed by atoms with Crippen LogP contribution in [-0.4, -0.2) is 25.1 Å². The second-order valence-corrected chi connectivity index (χ2v) is 8.37. The Morgan fingerprint density at radius 3 is 2.27 bits per heavy atom. The maximum atomic E-state index is 12.7. The number of ketones is 1. The van der Waals surface area contributed by atoms with Crippen LogP contribution in [0.1, 0.15) is 27.2 Å². The summed E-state index contributed by atoms with van der Waals surface area (Å²) in [5.41, 5.74) is 3.41. The van der Waals surface area contributed by atoms with Crippen molar-refractivity contribution in [1.82, 2.24) is 19.3 Å². The summed E-state index contributed by atoms with van der Waals surface area (Å²) in [6.07, 6.45) is 0. The number of nitrogens with zero attached hydrogens (tertiary/aromatic N) is 4. The van der Waals surface area contributed by atoms with E-state index in [0.717, 1.165) is 5.56 Å². The third-order valence-corrected chi connectivity index (χ3v) is 6.24. The molecule has 0 fully saturated rings. The van der Waals surface area contributed by atoms with E-state index in [1.165, 1.54) is 11.8 Å². The number of aryl methyl sites for hydroxylation is 2. The zero-order valence-corrected chi connectivity index (χ0v) is 18.3. The number of fused-ring (bicyclic) bond motifs is 1. The Labute approximate surface area is 182 Å². The molecule has 0 bridgehead atoms. The van der Waals surface area contributed by atoms with Crippen molar-refractivity contribution in [3.8, 4) is 0 Å². The molecular formula is C22H19ClN4O2S. The Hall–Kier alpha value is -2.90. The van der Waals surface area contributed by atoms with Crippen molar-refractivity contribution in [1.29, 1.82) is 0 Å². The van der Waals surface area contributed by atoms with Crippen molar-refractivity contribution in [2.45, 2.75) is 17.8 Å². The monoisotopic (exact) mass is 438 g/mol. The van der Waals surface area contributed by atoms with E-state index in [2.05, 4.69) is 10.1 Å². The molecule has 30 heavy (non-hydrogen) atoms. The quantitative estimate of drug-likeness (QED) is 0.266. The highest BCUT2D eigenvalue weighted by Crippen LogP contribution is 2.23. The summed E-state index contributed by atoms with van der Waals surface area (Å²) in [6.45, 7) is 1.81. The first kappa shape index (κ1) is 20.4. The molecule has 4 aromatic rings. The van der Waals surface area contributed by atoms with Gasteiger partial charge in [0.1, 0.15) is 5.39 Å². The first-order valence-corrected chi connectivity index (χ1v) is 10.6. The van der Waals surface area contributed by atoms with Crippen LogP contribution in [0, 0.1) is 6.92 Å². The molecule has 0 N–H and O–H groups in total. The number of hydrogen-bond donors (Lipinski definition) is 0. The minimum Gasteiger partial charge on any atom is -0.290 e. The van der Waals surface area contributed by atoms with Crippen molar-refractivity contribution < 1.29 is 4.79 Å². The second-order valence-electron chi connectivity index (χ2n) is 6.99. The fourth-order valence-corrected chi connectivity index (χ4v) is 4.28. The SMILES string of the molecule is Cc1nn(C)c2nc(SCc3ccc(C(=O)c4ccc(Cl)cc4)cc3)n(C)c(=O)c12. The number of aromatic nitrogens is 4. The molecule has 0 saturated carbocycles. The Balaban J connectivity index is 1.53. The van der Waals surface area contributed by atoms with Crippen LogP contribution in [0.15, 0.2) is 58.5 Å². The van der Waals surface area contributed by atoms with Gasteiger partial charge in [0.25, 0.3) is 5.56 Å². The molecular weight excluding hydrogens is 420 g/mol. The van der Waals surface area contributed by atoms with Gasteiger partial charge in [0, 0.05) is 36.0 Å². The van der Waals surface area contributed by atoms with Crippen LogP contribution in [0.25, 0.3) is 11.0 Å². The summed E-state index contributed by atoms with van der Waals surface area (Å²) >= 11 is 7.36. The summed E-state index contributed by atoms with van der Waals surface area (Å²) < 4.78 is 3.19. The van der Waals surface area contributed by atoms with Gasteiger partial charge in [0.2, 0.25) is 0 Å². The van der Waals surface area contributed by atoms with Crippen LogP contribution in [0.4, 0.5) is 0 Å². The van der Waals surface area contributed by atoms with Gasteiger partial charge in [-0.15, -0.1) is 0 Å². The third-order valence-electron chi connectivity index (χ3n) is 4.89. The van der Waals surface area contributed by atoms with E-state index in [1.807, 2.05) is 31.2 Å². The van der Waals surface area contributed by atoms with E-state index < -0.39 is 0 Å². The lowest BCUT2D eigenvalue weighted by Crippen LogP contribution is -2.20. The van der Waals surface area contributed by atoms with Gasteiger partial charge in [-0.25, -0.2) is 9.67 Å². The summed E-state index contributed by atoms with van der Waals surface area (Å²) in [5, 5.41) is 6.07. The summed E-state index contributed by atoms with van der Waals surface area (Å²) in [5.74, 6) is 0.574. The van der Waals surface area contributed by atoms with Gasteiger partial charge in [-0.1, -0.05) is 47.6 Å². The fourth-order valence-electron chi connectivity index (χ4n) is 3.24. The number of hydrogen-bond acceptors (Lipinski definition) is 5. The van der Waals surface area contributed by atoms with E-state index in [-0.39, 0.29) is 11.3 Å². The van der Waals surface area contributed by atoms with Crippen molar-refractivity contribution in [2.24, 2.45) is 14.1 Å². The van der Waals surface area contributed by atoms with Crippen LogP contribution in [0.5, 0.6) is 0 Å². The molecule has 0 radical (unpaired) electrons. The molecule has 4 rings (SSSR count). The average molecular weight is 439 g/mol. The molecule has 152 valence electrons. The Morgan fingerprint density at radius 2 is 1.63 bits per heavy atom. The minimum atomic E-state index is -0.1000. The van der Waals surface area contributed by atoms with E-state index in [0.29, 0.717) is 43.8 Å². The highest BCUT2D eigenvalue weighted by atomic mass is 35.5. The average Bonchev–Trinajstić information content (AvgIpc) is 3.03. The molecule has 2 heterocycles. The standard InChI is InChI=1S/C22H19ClN4O2S/c1-13-18-20(27(3)25-13)24-22(26(2)21(18)29)30-12-14-4-6-15(7-5-14)19(28)16-8-10-17(23)11-9-16/h4-11H,12H2,1-3H3. The number of halogens is 1. The van der Waals surface area contributed by atoms with Crippen LogP contribution in [0.2, 0.25) is 5.02 Å². The third kappa shape index (κ3) is 3.78. The molecule has 6 nitrogen and oxygen atoms in total. The summed E-state index contributed by atoms with van der Waals surface area (Å²) in [6, 6.07) is 14.3. The Morgan fingerprint density at radius 1 is 1.03 bits per heavy atom. The number of benzene rings is 2. The second kappa shape index (κ2) is 8.08. The van der Waals surface area contributed by atoms with Gasteiger partial charge in [-0.3, -0.25) is 14.2 Å². The van der Waals surface area contributed by atoms with E-state index >= 15 is 0 Å². The first-order valence-electron chi connectivity index (χ1n) is 9.27.